The number of hydrogen-bond donors (Lipinski definition) is 1. The van der Waals surface area contributed by atoms with Crippen LogP contribution in [0.3, 0.4) is 0 Å². The minimum absolute atomic E-state index is 0.0206. The van der Waals surface area contributed by atoms with Crippen LogP contribution in [0.5, 0.6) is 0 Å². The molecule has 0 radical (unpaired) electrons. The first-order valence-corrected chi connectivity index (χ1v) is 6.60. The van der Waals surface area contributed by atoms with Gasteiger partial charge in [0.1, 0.15) is 5.69 Å². The molecule has 0 saturated heterocycles. The molecule has 0 amide bonds. The van der Waals surface area contributed by atoms with Crippen molar-refractivity contribution in [3.05, 3.63) is 57.7 Å². The Morgan fingerprint density at radius 3 is 2.68 bits per heavy atom. The van der Waals surface area contributed by atoms with E-state index in [9.17, 15) is 4.79 Å². The zero-order chi connectivity index (χ0) is 13.7. The summed E-state index contributed by atoms with van der Waals surface area (Å²) in [6.45, 7) is 0.611. The van der Waals surface area contributed by atoms with Gasteiger partial charge in [0, 0.05) is 6.54 Å². The molecule has 4 nitrogen and oxygen atoms in total. The summed E-state index contributed by atoms with van der Waals surface area (Å²) in [5.74, 6) is 0. The van der Waals surface area contributed by atoms with Gasteiger partial charge in [0.2, 0.25) is 0 Å². The normalized spacial score (nSPS) is 10.6. The van der Waals surface area contributed by atoms with E-state index in [0.29, 0.717) is 6.54 Å². The Bertz CT molecular complexity index is 595. The van der Waals surface area contributed by atoms with Crippen LogP contribution >= 0.6 is 11.6 Å². The fourth-order valence-corrected chi connectivity index (χ4v) is 2.03. The molecule has 0 aliphatic carbocycles. The summed E-state index contributed by atoms with van der Waals surface area (Å²) in [4.78, 5) is 15.6. The van der Waals surface area contributed by atoms with Gasteiger partial charge in [-0.1, -0.05) is 41.9 Å². The molecule has 0 unspecified atom stereocenters. The first-order chi connectivity index (χ1) is 9.18. The molecule has 0 fully saturated rings. The van der Waals surface area contributed by atoms with Gasteiger partial charge < -0.3 is 5.73 Å². The maximum Gasteiger partial charge on any atom is 0.278 e. The number of nitrogens with two attached hydrogens (primary N) is 1. The number of hydrogen-bond acceptors (Lipinski definition) is 3. The number of unbranched alkanes of at least 4 members (excludes halogenated alkanes) is 1. The standard InChI is InChI=1S/C14H16ClN3O/c15-13-12(16)14(19)18(10-17-13)9-5-4-8-11-6-2-1-3-7-11/h1-3,6-7,10H,4-5,8-9,16H2. The molecular weight excluding hydrogens is 262 g/mol. The molecule has 2 N–H and O–H groups in total. The number of aromatic nitrogens is 2. The second-order valence-corrected chi connectivity index (χ2v) is 4.75. The molecule has 19 heavy (non-hydrogen) atoms. The zero-order valence-corrected chi connectivity index (χ0v) is 11.3. The van der Waals surface area contributed by atoms with Crippen LogP contribution in [0.2, 0.25) is 5.15 Å². The Balaban J connectivity index is 1.87. The van der Waals surface area contributed by atoms with Crippen LogP contribution in [0, 0.1) is 0 Å². The average Bonchev–Trinajstić information content (AvgIpc) is 2.44. The van der Waals surface area contributed by atoms with E-state index in [1.54, 1.807) is 0 Å². The molecule has 1 aromatic carbocycles. The van der Waals surface area contributed by atoms with Crippen LogP contribution in [0.25, 0.3) is 0 Å². The molecule has 0 spiro atoms. The Morgan fingerprint density at radius 2 is 1.95 bits per heavy atom. The van der Waals surface area contributed by atoms with E-state index in [0.717, 1.165) is 19.3 Å². The SMILES string of the molecule is Nc1c(Cl)ncn(CCCCc2ccccc2)c1=O. The van der Waals surface area contributed by atoms with Gasteiger partial charge in [-0.2, -0.15) is 0 Å². The molecule has 100 valence electrons. The van der Waals surface area contributed by atoms with Crippen molar-refractivity contribution in [1.82, 2.24) is 9.55 Å². The Morgan fingerprint density at radius 1 is 1.21 bits per heavy atom. The van der Waals surface area contributed by atoms with Gasteiger partial charge in [-0.25, -0.2) is 4.98 Å². The van der Waals surface area contributed by atoms with E-state index < -0.39 is 0 Å². The zero-order valence-electron chi connectivity index (χ0n) is 10.6. The summed E-state index contributed by atoms with van der Waals surface area (Å²) in [7, 11) is 0. The highest BCUT2D eigenvalue weighted by atomic mass is 35.5. The topological polar surface area (TPSA) is 60.9 Å². The largest absolute Gasteiger partial charge is 0.392 e. The highest BCUT2D eigenvalue weighted by Crippen LogP contribution is 2.09. The van der Waals surface area contributed by atoms with E-state index >= 15 is 0 Å². The summed E-state index contributed by atoms with van der Waals surface area (Å²) in [5.41, 5.74) is 6.62. The first-order valence-electron chi connectivity index (χ1n) is 6.23. The molecule has 5 heteroatoms. The number of nitrogen functional groups attached to an aromatic ring is 1. The summed E-state index contributed by atoms with van der Waals surface area (Å²) < 4.78 is 1.51. The lowest BCUT2D eigenvalue weighted by Gasteiger charge is -2.06. The van der Waals surface area contributed by atoms with Crippen molar-refractivity contribution in [1.29, 1.82) is 0 Å². The van der Waals surface area contributed by atoms with Crippen LogP contribution in [0.15, 0.2) is 41.5 Å². The smallest absolute Gasteiger partial charge is 0.278 e. The predicted molar refractivity (Wildman–Crippen MR) is 77.3 cm³/mol. The lowest BCUT2D eigenvalue weighted by molar-refractivity contribution is 0.586. The van der Waals surface area contributed by atoms with Gasteiger partial charge in [0.15, 0.2) is 5.15 Å². The molecule has 2 rings (SSSR count). The number of benzene rings is 1. The molecule has 1 aromatic heterocycles. The highest BCUT2D eigenvalue weighted by Gasteiger charge is 2.05. The fourth-order valence-electron chi connectivity index (χ4n) is 1.90. The van der Waals surface area contributed by atoms with Gasteiger partial charge in [-0.3, -0.25) is 9.36 Å². The van der Waals surface area contributed by atoms with Crippen molar-refractivity contribution in [3.63, 3.8) is 0 Å². The van der Waals surface area contributed by atoms with Crippen molar-refractivity contribution in [3.8, 4) is 0 Å². The van der Waals surface area contributed by atoms with Crippen LogP contribution in [0.1, 0.15) is 18.4 Å². The fraction of sp³-hybridized carbons (Fsp3) is 0.286. The van der Waals surface area contributed by atoms with E-state index in [1.165, 1.54) is 16.5 Å². The molecule has 0 atom stereocenters. The Labute approximate surface area is 116 Å². The van der Waals surface area contributed by atoms with E-state index in [4.69, 9.17) is 17.3 Å². The second-order valence-electron chi connectivity index (χ2n) is 4.39. The van der Waals surface area contributed by atoms with Crippen molar-refractivity contribution in [2.75, 3.05) is 5.73 Å². The summed E-state index contributed by atoms with van der Waals surface area (Å²) in [6, 6.07) is 10.3. The molecular formula is C14H16ClN3O. The molecule has 1 heterocycles. The third-order valence-corrected chi connectivity index (χ3v) is 3.28. The van der Waals surface area contributed by atoms with E-state index in [2.05, 4.69) is 17.1 Å². The lowest BCUT2D eigenvalue weighted by Crippen LogP contribution is -2.23. The quantitative estimate of drug-likeness (QED) is 0.675. The minimum atomic E-state index is -0.264. The maximum absolute atomic E-state index is 11.8. The van der Waals surface area contributed by atoms with Crippen LogP contribution in [-0.2, 0) is 13.0 Å². The molecule has 0 aliphatic rings. The van der Waals surface area contributed by atoms with Gasteiger partial charge >= 0.3 is 0 Å². The van der Waals surface area contributed by atoms with Gasteiger partial charge in [-0.05, 0) is 24.8 Å². The Hall–Kier alpha value is -1.81. The van der Waals surface area contributed by atoms with Crippen LogP contribution in [0.4, 0.5) is 5.69 Å². The molecule has 2 aromatic rings. The second kappa shape index (κ2) is 6.38. The predicted octanol–water partition coefficient (Wildman–Crippen LogP) is 2.50. The monoisotopic (exact) mass is 277 g/mol. The van der Waals surface area contributed by atoms with E-state index in [-0.39, 0.29) is 16.4 Å². The maximum atomic E-state index is 11.8. The lowest BCUT2D eigenvalue weighted by atomic mass is 10.1. The van der Waals surface area contributed by atoms with Crippen molar-refractivity contribution in [2.24, 2.45) is 0 Å². The number of nitrogens with zero attached hydrogens (tertiary/aromatic N) is 2. The van der Waals surface area contributed by atoms with E-state index in [1.807, 2.05) is 18.2 Å². The molecule has 0 saturated carbocycles. The third kappa shape index (κ3) is 3.58. The van der Waals surface area contributed by atoms with Crippen molar-refractivity contribution < 1.29 is 0 Å². The van der Waals surface area contributed by atoms with Crippen LogP contribution in [-0.4, -0.2) is 9.55 Å². The average molecular weight is 278 g/mol. The van der Waals surface area contributed by atoms with Crippen molar-refractivity contribution in [2.45, 2.75) is 25.8 Å². The van der Waals surface area contributed by atoms with Crippen LogP contribution < -0.4 is 11.3 Å². The van der Waals surface area contributed by atoms with Gasteiger partial charge in [0.05, 0.1) is 6.33 Å². The van der Waals surface area contributed by atoms with Gasteiger partial charge in [-0.15, -0.1) is 0 Å². The highest BCUT2D eigenvalue weighted by molar-refractivity contribution is 6.31. The number of rotatable bonds is 5. The summed E-state index contributed by atoms with van der Waals surface area (Å²) in [5, 5.41) is 0.0746. The molecule has 0 aliphatic heterocycles. The number of anilines is 1. The third-order valence-electron chi connectivity index (χ3n) is 2.98. The summed E-state index contributed by atoms with van der Waals surface area (Å²) >= 11 is 5.68. The molecule has 0 bridgehead atoms. The Kier molecular flexibility index (Phi) is 4.58. The van der Waals surface area contributed by atoms with Crippen molar-refractivity contribution >= 4 is 17.3 Å². The number of halogens is 1. The number of aryl methyl sites for hydroxylation is 2. The summed E-state index contributed by atoms with van der Waals surface area (Å²) in [6.07, 6.45) is 4.37. The van der Waals surface area contributed by atoms with Gasteiger partial charge in [0.25, 0.3) is 5.56 Å². The minimum Gasteiger partial charge on any atom is -0.392 e. The first kappa shape index (κ1) is 13.6.